The average Bonchev–Trinajstić information content (AvgIpc) is 2.73. The van der Waals surface area contributed by atoms with Crippen molar-refractivity contribution >= 4 is 22.4 Å². The van der Waals surface area contributed by atoms with Gasteiger partial charge in [0.2, 0.25) is 0 Å². The SMILES string of the molecule is Cc1cccn2c(=O)cc(COC(=O)c3nn(C(C)C)c(=O)c4ccccc34)nc12. The Bertz CT molecular complexity index is 1400. The Kier molecular flexibility index (Phi) is 4.91. The zero-order chi connectivity index (χ0) is 21.4. The normalized spacial score (nSPS) is 11.3. The lowest BCUT2D eigenvalue weighted by molar-refractivity contribution is 0.0460. The predicted molar refractivity (Wildman–Crippen MR) is 112 cm³/mol. The summed E-state index contributed by atoms with van der Waals surface area (Å²) in [6.45, 7) is 5.29. The van der Waals surface area contributed by atoms with Gasteiger partial charge in [0.05, 0.1) is 17.1 Å². The molecular formula is C22H20N4O4. The number of fused-ring (bicyclic) bond motifs is 2. The minimum atomic E-state index is -0.688. The number of pyridine rings is 1. The second-order valence-electron chi connectivity index (χ2n) is 7.28. The zero-order valence-electron chi connectivity index (χ0n) is 16.8. The summed E-state index contributed by atoms with van der Waals surface area (Å²) in [5, 5.41) is 5.05. The molecule has 0 saturated heterocycles. The summed E-state index contributed by atoms with van der Waals surface area (Å²) >= 11 is 0. The number of rotatable bonds is 4. The van der Waals surface area contributed by atoms with Gasteiger partial charge in [0.25, 0.3) is 11.1 Å². The predicted octanol–water partition coefficient (Wildman–Crippen LogP) is 2.65. The molecule has 0 amide bonds. The van der Waals surface area contributed by atoms with Gasteiger partial charge in [0.15, 0.2) is 5.69 Å². The van der Waals surface area contributed by atoms with Crippen LogP contribution in [0, 0.1) is 6.92 Å². The second-order valence-corrected chi connectivity index (χ2v) is 7.28. The van der Waals surface area contributed by atoms with E-state index < -0.39 is 5.97 Å². The van der Waals surface area contributed by atoms with Gasteiger partial charge in [-0.3, -0.25) is 14.0 Å². The number of hydrogen-bond acceptors (Lipinski definition) is 6. The number of aryl methyl sites for hydroxylation is 1. The third-order valence-electron chi connectivity index (χ3n) is 4.80. The fourth-order valence-electron chi connectivity index (χ4n) is 3.30. The molecule has 0 fully saturated rings. The topological polar surface area (TPSA) is 95.6 Å². The van der Waals surface area contributed by atoms with Crippen LogP contribution in [-0.4, -0.2) is 25.1 Å². The first-order valence-electron chi connectivity index (χ1n) is 9.53. The van der Waals surface area contributed by atoms with Gasteiger partial charge in [-0.15, -0.1) is 0 Å². The molecule has 8 heteroatoms. The van der Waals surface area contributed by atoms with Crippen LogP contribution in [0.2, 0.25) is 0 Å². The first kappa shape index (κ1) is 19.5. The molecule has 0 unspecified atom stereocenters. The lowest BCUT2D eigenvalue weighted by Gasteiger charge is -2.13. The van der Waals surface area contributed by atoms with Crippen LogP contribution in [0.15, 0.2) is 58.3 Å². The van der Waals surface area contributed by atoms with E-state index >= 15 is 0 Å². The monoisotopic (exact) mass is 404 g/mol. The van der Waals surface area contributed by atoms with Crippen LogP contribution in [0.1, 0.15) is 41.6 Å². The molecule has 0 aliphatic rings. The minimum absolute atomic E-state index is 0.0487. The summed E-state index contributed by atoms with van der Waals surface area (Å²) in [4.78, 5) is 42.2. The van der Waals surface area contributed by atoms with Crippen molar-refractivity contribution in [2.45, 2.75) is 33.4 Å². The van der Waals surface area contributed by atoms with Crippen molar-refractivity contribution in [3.63, 3.8) is 0 Å². The Hall–Kier alpha value is -3.81. The van der Waals surface area contributed by atoms with Crippen LogP contribution in [0.4, 0.5) is 0 Å². The van der Waals surface area contributed by atoms with E-state index in [1.165, 1.54) is 15.1 Å². The van der Waals surface area contributed by atoms with Gasteiger partial charge in [0, 0.05) is 17.6 Å². The highest BCUT2D eigenvalue weighted by Crippen LogP contribution is 2.16. The Morgan fingerprint density at radius 3 is 2.57 bits per heavy atom. The van der Waals surface area contributed by atoms with Gasteiger partial charge in [-0.1, -0.05) is 24.3 Å². The van der Waals surface area contributed by atoms with Crippen LogP contribution in [0.25, 0.3) is 16.4 Å². The standard InChI is InChI=1S/C22H20N4O4/c1-13(2)26-21(28)17-9-5-4-8-16(17)19(24-26)22(29)30-12-15-11-18(27)25-10-6-7-14(3)20(25)23-15/h4-11,13H,12H2,1-3H3. The third-order valence-corrected chi connectivity index (χ3v) is 4.80. The second kappa shape index (κ2) is 7.55. The van der Waals surface area contributed by atoms with Crippen molar-refractivity contribution in [1.82, 2.24) is 19.2 Å². The molecule has 0 saturated carbocycles. The number of hydrogen-bond donors (Lipinski definition) is 0. The quantitative estimate of drug-likeness (QED) is 0.485. The van der Waals surface area contributed by atoms with Crippen LogP contribution < -0.4 is 11.1 Å². The summed E-state index contributed by atoms with van der Waals surface area (Å²) < 4.78 is 8.12. The maximum Gasteiger partial charge on any atom is 0.359 e. The van der Waals surface area contributed by atoms with Crippen LogP contribution >= 0.6 is 0 Å². The highest BCUT2D eigenvalue weighted by molar-refractivity contribution is 6.02. The molecule has 0 N–H and O–H groups in total. The van der Waals surface area contributed by atoms with Crippen LogP contribution in [0.3, 0.4) is 0 Å². The highest BCUT2D eigenvalue weighted by Gasteiger charge is 2.19. The van der Waals surface area contributed by atoms with E-state index in [9.17, 15) is 14.4 Å². The number of nitrogens with zero attached hydrogens (tertiary/aromatic N) is 4. The molecule has 1 aromatic carbocycles. The van der Waals surface area contributed by atoms with E-state index in [4.69, 9.17) is 4.74 Å². The maximum atomic E-state index is 12.8. The van der Waals surface area contributed by atoms with Crippen molar-refractivity contribution in [2.24, 2.45) is 0 Å². The first-order chi connectivity index (χ1) is 14.4. The number of ether oxygens (including phenoxy) is 1. The van der Waals surface area contributed by atoms with E-state index in [2.05, 4.69) is 10.1 Å². The minimum Gasteiger partial charge on any atom is -0.454 e. The van der Waals surface area contributed by atoms with Crippen molar-refractivity contribution in [2.75, 3.05) is 0 Å². The zero-order valence-corrected chi connectivity index (χ0v) is 16.8. The fraction of sp³-hybridized carbons (Fsp3) is 0.227. The van der Waals surface area contributed by atoms with Crippen molar-refractivity contribution < 1.29 is 9.53 Å². The molecule has 0 aliphatic heterocycles. The van der Waals surface area contributed by atoms with Gasteiger partial charge in [-0.25, -0.2) is 14.5 Å². The number of carbonyl (C=O) groups excluding carboxylic acids is 1. The number of carbonyl (C=O) groups is 1. The highest BCUT2D eigenvalue weighted by atomic mass is 16.5. The van der Waals surface area contributed by atoms with Crippen molar-refractivity contribution in [3.8, 4) is 0 Å². The first-order valence-corrected chi connectivity index (χ1v) is 9.53. The molecule has 3 heterocycles. The summed E-state index contributed by atoms with van der Waals surface area (Å²) in [6.07, 6.45) is 1.64. The Morgan fingerprint density at radius 1 is 1.10 bits per heavy atom. The molecule has 8 nitrogen and oxygen atoms in total. The van der Waals surface area contributed by atoms with Gasteiger partial charge in [-0.2, -0.15) is 5.10 Å². The molecule has 0 radical (unpaired) electrons. The molecule has 0 bridgehead atoms. The van der Waals surface area contributed by atoms with Crippen LogP contribution in [0.5, 0.6) is 0 Å². The van der Waals surface area contributed by atoms with E-state index in [0.29, 0.717) is 22.1 Å². The summed E-state index contributed by atoms with van der Waals surface area (Å²) in [6, 6.07) is 11.5. The molecule has 0 aliphatic carbocycles. The summed E-state index contributed by atoms with van der Waals surface area (Å²) in [5.74, 6) is -0.688. The van der Waals surface area contributed by atoms with Crippen molar-refractivity contribution in [3.05, 3.63) is 86.3 Å². The molecule has 152 valence electrons. The van der Waals surface area contributed by atoms with Crippen molar-refractivity contribution in [1.29, 1.82) is 0 Å². The number of benzene rings is 1. The number of aromatic nitrogens is 4. The Labute approximate surface area is 171 Å². The van der Waals surface area contributed by atoms with E-state index in [0.717, 1.165) is 5.56 Å². The molecular weight excluding hydrogens is 384 g/mol. The van der Waals surface area contributed by atoms with E-state index in [-0.39, 0.29) is 29.5 Å². The molecule has 30 heavy (non-hydrogen) atoms. The van der Waals surface area contributed by atoms with E-state index in [1.807, 2.05) is 26.8 Å². The van der Waals surface area contributed by atoms with Gasteiger partial charge in [0.1, 0.15) is 12.3 Å². The molecule has 0 atom stereocenters. The smallest absolute Gasteiger partial charge is 0.359 e. The average molecular weight is 404 g/mol. The van der Waals surface area contributed by atoms with E-state index in [1.54, 1.807) is 36.5 Å². The molecule has 4 aromatic rings. The third kappa shape index (κ3) is 3.36. The lowest BCUT2D eigenvalue weighted by atomic mass is 10.1. The molecule has 3 aromatic heterocycles. The number of esters is 1. The molecule has 0 spiro atoms. The van der Waals surface area contributed by atoms with Gasteiger partial charge >= 0.3 is 5.97 Å². The van der Waals surface area contributed by atoms with Crippen LogP contribution in [-0.2, 0) is 11.3 Å². The Balaban J connectivity index is 1.70. The van der Waals surface area contributed by atoms with Gasteiger partial charge in [-0.05, 0) is 38.5 Å². The largest absolute Gasteiger partial charge is 0.454 e. The Morgan fingerprint density at radius 2 is 1.83 bits per heavy atom. The fourth-order valence-corrected chi connectivity index (χ4v) is 3.30. The summed E-state index contributed by atoms with van der Waals surface area (Å²) in [7, 11) is 0. The molecule has 4 rings (SSSR count). The van der Waals surface area contributed by atoms with Gasteiger partial charge < -0.3 is 4.74 Å². The maximum absolute atomic E-state index is 12.8. The lowest BCUT2D eigenvalue weighted by Crippen LogP contribution is -2.28. The summed E-state index contributed by atoms with van der Waals surface area (Å²) in [5.41, 5.74) is 1.20.